The quantitative estimate of drug-likeness (QED) is 0.365. The van der Waals surface area contributed by atoms with Crippen LogP contribution in [0.5, 0.6) is 0 Å². The van der Waals surface area contributed by atoms with E-state index in [-0.39, 0.29) is 5.76 Å². The molecule has 0 aliphatic heterocycles. The van der Waals surface area contributed by atoms with E-state index in [1.165, 1.54) is 12.3 Å². The van der Waals surface area contributed by atoms with Crippen molar-refractivity contribution in [1.29, 1.82) is 0 Å². The average Bonchev–Trinajstić information content (AvgIpc) is 3.12. The van der Waals surface area contributed by atoms with Crippen molar-refractivity contribution in [2.24, 2.45) is 5.16 Å². The molecule has 0 aliphatic carbocycles. The number of halogens is 2. The molecule has 0 spiro atoms. The van der Waals surface area contributed by atoms with E-state index in [0.717, 1.165) is 11.1 Å². The fraction of sp³-hybridized carbons (Fsp3) is 0. The highest BCUT2D eigenvalue weighted by atomic mass is 35.5. The van der Waals surface area contributed by atoms with Crippen molar-refractivity contribution in [2.75, 3.05) is 0 Å². The summed E-state index contributed by atoms with van der Waals surface area (Å²) in [6, 6.07) is 17.2. The molecule has 0 unspecified atom stereocenters. The number of furan rings is 1. The molecule has 6 heteroatoms. The van der Waals surface area contributed by atoms with Gasteiger partial charge in [0, 0.05) is 21.2 Å². The lowest BCUT2D eigenvalue weighted by Gasteiger charge is -2.07. The van der Waals surface area contributed by atoms with Gasteiger partial charge >= 0.3 is 5.97 Å². The Morgan fingerprint density at radius 1 is 0.875 bits per heavy atom. The minimum Gasteiger partial charge on any atom is -0.457 e. The number of hydrogen-bond donors (Lipinski definition) is 0. The number of benzene rings is 2. The van der Waals surface area contributed by atoms with Crippen molar-refractivity contribution in [2.45, 2.75) is 0 Å². The molecule has 1 heterocycles. The second-order valence-corrected chi connectivity index (χ2v) is 5.68. The fourth-order valence-electron chi connectivity index (χ4n) is 2.01. The monoisotopic (exact) mass is 359 g/mol. The Morgan fingerprint density at radius 2 is 1.42 bits per heavy atom. The van der Waals surface area contributed by atoms with Gasteiger partial charge in [-0.05, 0) is 36.4 Å². The predicted octanol–water partition coefficient (Wildman–Crippen LogP) is 5.20. The smallest absolute Gasteiger partial charge is 0.400 e. The molecule has 120 valence electrons. The molecular formula is C18H11Cl2NO3. The van der Waals surface area contributed by atoms with Crippen LogP contribution in [0.4, 0.5) is 0 Å². The normalized spacial score (nSPS) is 10.2. The molecule has 0 amide bonds. The van der Waals surface area contributed by atoms with Crippen LogP contribution < -0.4 is 0 Å². The minimum absolute atomic E-state index is 0.0744. The third-order valence-corrected chi connectivity index (χ3v) is 3.68. The highest BCUT2D eigenvalue weighted by Crippen LogP contribution is 2.17. The van der Waals surface area contributed by atoms with Crippen LogP contribution in [0.3, 0.4) is 0 Å². The van der Waals surface area contributed by atoms with Gasteiger partial charge in [0.2, 0.25) is 5.76 Å². The molecular weight excluding hydrogens is 349 g/mol. The molecule has 0 atom stereocenters. The third-order valence-electron chi connectivity index (χ3n) is 3.18. The van der Waals surface area contributed by atoms with E-state index in [4.69, 9.17) is 32.5 Å². The predicted molar refractivity (Wildman–Crippen MR) is 92.7 cm³/mol. The molecule has 0 saturated carbocycles. The molecule has 4 nitrogen and oxygen atoms in total. The maximum atomic E-state index is 11.9. The van der Waals surface area contributed by atoms with Crippen molar-refractivity contribution in [1.82, 2.24) is 0 Å². The van der Waals surface area contributed by atoms with Crippen LogP contribution in [-0.2, 0) is 4.84 Å². The molecule has 24 heavy (non-hydrogen) atoms. The summed E-state index contributed by atoms with van der Waals surface area (Å²) in [7, 11) is 0. The van der Waals surface area contributed by atoms with Gasteiger partial charge in [0.05, 0.1) is 6.26 Å². The van der Waals surface area contributed by atoms with Gasteiger partial charge in [-0.15, -0.1) is 0 Å². The van der Waals surface area contributed by atoms with E-state index in [1.807, 2.05) is 0 Å². The first-order valence-electron chi connectivity index (χ1n) is 6.98. The lowest BCUT2D eigenvalue weighted by molar-refractivity contribution is 0.0480. The summed E-state index contributed by atoms with van der Waals surface area (Å²) in [6.07, 6.45) is 1.39. The molecule has 0 N–H and O–H groups in total. The van der Waals surface area contributed by atoms with Gasteiger partial charge in [-0.2, -0.15) is 0 Å². The van der Waals surface area contributed by atoms with E-state index >= 15 is 0 Å². The Morgan fingerprint density at radius 3 is 1.88 bits per heavy atom. The lowest BCUT2D eigenvalue weighted by Crippen LogP contribution is -2.07. The highest BCUT2D eigenvalue weighted by molar-refractivity contribution is 6.31. The molecule has 0 fully saturated rings. The largest absolute Gasteiger partial charge is 0.457 e. The first-order valence-corrected chi connectivity index (χ1v) is 7.74. The van der Waals surface area contributed by atoms with E-state index in [1.54, 1.807) is 54.6 Å². The first-order chi connectivity index (χ1) is 11.6. The summed E-state index contributed by atoms with van der Waals surface area (Å²) < 4.78 is 4.99. The van der Waals surface area contributed by atoms with Gasteiger partial charge in [0.1, 0.15) is 5.71 Å². The van der Waals surface area contributed by atoms with Crippen LogP contribution in [0.1, 0.15) is 21.7 Å². The second-order valence-electron chi connectivity index (χ2n) is 4.81. The minimum atomic E-state index is -0.680. The van der Waals surface area contributed by atoms with Crippen LogP contribution in [0.2, 0.25) is 10.0 Å². The van der Waals surface area contributed by atoms with E-state index in [0.29, 0.717) is 15.8 Å². The van der Waals surface area contributed by atoms with Crippen molar-refractivity contribution in [3.8, 4) is 0 Å². The van der Waals surface area contributed by atoms with Gasteiger partial charge in [-0.25, -0.2) is 4.79 Å². The van der Waals surface area contributed by atoms with Gasteiger partial charge in [-0.1, -0.05) is 52.6 Å². The number of carbonyl (C=O) groups is 1. The molecule has 0 radical (unpaired) electrons. The zero-order valence-corrected chi connectivity index (χ0v) is 13.8. The van der Waals surface area contributed by atoms with E-state index < -0.39 is 5.97 Å². The molecule has 0 aliphatic rings. The lowest BCUT2D eigenvalue weighted by atomic mass is 10.0. The van der Waals surface area contributed by atoms with Gasteiger partial charge in [0.25, 0.3) is 0 Å². The Labute approximate surface area is 148 Å². The van der Waals surface area contributed by atoms with Gasteiger partial charge in [-0.3, -0.25) is 0 Å². The van der Waals surface area contributed by atoms with Crippen LogP contribution in [0, 0.1) is 0 Å². The second kappa shape index (κ2) is 7.34. The molecule has 3 aromatic rings. The van der Waals surface area contributed by atoms with Crippen LogP contribution in [0.25, 0.3) is 0 Å². The topological polar surface area (TPSA) is 51.8 Å². The van der Waals surface area contributed by atoms with Crippen LogP contribution in [0.15, 0.2) is 76.5 Å². The number of hydrogen-bond acceptors (Lipinski definition) is 4. The van der Waals surface area contributed by atoms with Crippen molar-refractivity contribution in [3.63, 3.8) is 0 Å². The van der Waals surface area contributed by atoms with Crippen molar-refractivity contribution < 1.29 is 14.0 Å². The number of oxime groups is 1. The highest BCUT2D eigenvalue weighted by Gasteiger charge is 2.13. The van der Waals surface area contributed by atoms with Gasteiger partial charge in [0.15, 0.2) is 0 Å². The summed E-state index contributed by atoms with van der Waals surface area (Å²) in [6.45, 7) is 0. The maximum Gasteiger partial charge on any atom is 0.400 e. The third kappa shape index (κ3) is 3.85. The molecule has 0 saturated heterocycles. The van der Waals surface area contributed by atoms with Gasteiger partial charge < -0.3 is 9.25 Å². The zero-order chi connectivity index (χ0) is 16.9. The standard InChI is InChI=1S/C18H11Cl2NO3/c19-14-7-3-12(4-8-14)17(13-5-9-15(20)10-6-13)21-24-18(22)16-2-1-11-23-16/h1-11H. The number of nitrogens with zero attached hydrogens (tertiary/aromatic N) is 1. The molecule has 0 bridgehead atoms. The zero-order valence-electron chi connectivity index (χ0n) is 12.3. The Kier molecular flexibility index (Phi) is 4.99. The molecule has 3 rings (SSSR count). The molecule has 1 aromatic heterocycles. The Bertz CT molecular complexity index is 807. The van der Waals surface area contributed by atoms with E-state index in [9.17, 15) is 4.79 Å². The van der Waals surface area contributed by atoms with Crippen molar-refractivity contribution in [3.05, 3.63) is 93.9 Å². The maximum absolute atomic E-state index is 11.9. The first kappa shape index (κ1) is 16.3. The summed E-state index contributed by atoms with van der Waals surface area (Å²) in [5.41, 5.74) is 1.96. The summed E-state index contributed by atoms with van der Waals surface area (Å²) in [4.78, 5) is 16.9. The van der Waals surface area contributed by atoms with Crippen LogP contribution in [-0.4, -0.2) is 11.7 Å². The average molecular weight is 360 g/mol. The summed E-state index contributed by atoms with van der Waals surface area (Å²) in [5, 5.41) is 5.20. The Hall–Kier alpha value is -2.56. The number of carbonyl (C=O) groups excluding carboxylic acids is 1. The fourth-order valence-corrected chi connectivity index (χ4v) is 2.27. The Balaban J connectivity index is 1.95. The summed E-state index contributed by atoms with van der Waals surface area (Å²) >= 11 is 11.8. The summed E-state index contributed by atoms with van der Waals surface area (Å²) in [5.74, 6) is -0.606. The van der Waals surface area contributed by atoms with E-state index in [2.05, 4.69) is 5.16 Å². The molecule has 2 aromatic carbocycles. The number of rotatable bonds is 4. The van der Waals surface area contributed by atoms with Crippen molar-refractivity contribution >= 4 is 34.9 Å². The SMILES string of the molecule is O=C(ON=C(c1ccc(Cl)cc1)c1ccc(Cl)cc1)c1ccco1. The van der Waals surface area contributed by atoms with Crippen LogP contribution >= 0.6 is 23.2 Å².